The molecule has 2 aromatic rings. The van der Waals surface area contributed by atoms with Crippen molar-refractivity contribution >= 4 is 0 Å². The van der Waals surface area contributed by atoms with Gasteiger partial charge in [-0.15, -0.1) is 0 Å². The van der Waals surface area contributed by atoms with Crippen molar-refractivity contribution in [2.24, 2.45) is 0 Å². The maximum atomic E-state index is 9.45. The summed E-state index contributed by atoms with van der Waals surface area (Å²) in [5, 5.41) is 13.0. The molecular weight excluding hydrogens is 234 g/mol. The van der Waals surface area contributed by atoms with Crippen molar-refractivity contribution in [3.8, 4) is 5.75 Å². The van der Waals surface area contributed by atoms with Crippen LogP contribution in [0.15, 0.2) is 48.5 Å². The molecule has 3 rings (SSSR count). The lowest BCUT2D eigenvalue weighted by Gasteiger charge is -2.25. The minimum atomic E-state index is 0.341. The zero-order chi connectivity index (χ0) is 13.1. The van der Waals surface area contributed by atoms with E-state index in [2.05, 4.69) is 29.6 Å². The van der Waals surface area contributed by atoms with E-state index in [9.17, 15) is 5.11 Å². The molecule has 2 nitrogen and oxygen atoms in total. The van der Waals surface area contributed by atoms with Crippen LogP contribution >= 0.6 is 0 Å². The third kappa shape index (κ3) is 2.96. The van der Waals surface area contributed by atoms with Gasteiger partial charge in [-0.1, -0.05) is 36.4 Å². The van der Waals surface area contributed by atoms with Crippen molar-refractivity contribution in [3.05, 3.63) is 65.2 Å². The molecule has 0 amide bonds. The Balaban J connectivity index is 1.61. The molecule has 1 aliphatic carbocycles. The number of aryl methyl sites for hydroxylation is 1. The summed E-state index contributed by atoms with van der Waals surface area (Å²) in [6.45, 7) is 0.821. The lowest BCUT2D eigenvalue weighted by molar-refractivity contribution is 0.453. The Labute approximate surface area is 114 Å². The molecule has 2 N–H and O–H groups in total. The summed E-state index contributed by atoms with van der Waals surface area (Å²) < 4.78 is 0. The highest BCUT2D eigenvalue weighted by atomic mass is 16.3. The van der Waals surface area contributed by atoms with E-state index in [1.165, 1.54) is 17.5 Å². The monoisotopic (exact) mass is 253 g/mol. The van der Waals surface area contributed by atoms with E-state index in [-0.39, 0.29) is 0 Å². The number of rotatable bonds is 3. The Morgan fingerprint density at radius 2 is 1.89 bits per heavy atom. The molecule has 0 saturated carbocycles. The average Bonchev–Trinajstić information content (AvgIpc) is 2.45. The minimum absolute atomic E-state index is 0.341. The Morgan fingerprint density at radius 3 is 2.74 bits per heavy atom. The molecule has 1 aliphatic rings. The van der Waals surface area contributed by atoms with E-state index in [4.69, 9.17) is 0 Å². The van der Waals surface area contributed by atoms with Crippen LogP contribution in [-0.2, 0) is 19.4 Å². The van der Waals surface area contributed by atoms with Crippen molar-refractivity contribution in [3.63, 3.8) is 0 Å². The fourth-order valence-corrected chi connectivity index (χ4v) is 2.80. The standard InChI is InChI=1S/C17H19NO/c19-17-7-3-4-13(10-17)12-18-16-9-8-14-5-1-2-6-15(14)11-16/h1-7,10,16,18-19H,8-9,11-12H2. The fourth-order valence-electron chi connectivity index (χ4n) is 2.80. The van der Waals surface area contributed by atoms with Gasteiger partial charge in [-0.2, -0.15) is 0 Å². The molecule has 0 radical (unpaired) electrons. The predicted molar refractivity (Wildman–Crippen MR) is 77.2 cm³/mol. The number of nitrogens with one attached hydrogen (secondary N) is 1. The first kappa shape index (κ1) is 12.2. The van der Waals surface area contributed by atoms with Crippen LogP contribution in [0, 0.1) is 0 Å². The van der Waals surface area contributed by atoms with Gasteiger partial charge in [0.2, 0.25) is 0 Å². The molecule has 0 heterocycles. The summed E-state index contributed by atoms with van der Waals surface area (Å²) >= 11 is 0. The van der Waals surface area contributed by atoms with Gasteiger partial charge in [-0.3, -0.25) is 0 Å². The Bertz CT molecular complexity index is 565. The first-order valence-corrected chi connectivity index (χ1v) is 6.89. The van der Waals surface area contributed by atoms with Crippen LogP contribution in [0.2, 0.25) is 0 Å². The molecule has 0 aliphatic heterocycles. The molecule has 0 saturated heterocycles. The van der Waals surface area contributed by atoms with Crippen molar-refractivity contribution < 1.29 is 5.11 Å². The van der Waals surface area contributed by atoms with Gasteiger partial charge in [-0.25, -0.2) is 0 Å². The first-order chi connectivity index (χ1) is 9.31. The summed E-state index contributed by atoms with van der Waals surface area (Å²) in [6, 6.07) is 16.7. The second-order valence-electron chi connectivity index (χ2n) is 5.26. The number of phenolic OH excluding ortho intramolecular Hbond substituents is 1. The first-order valence-electron chi connectivity index (χ1n) is 6.89. The maximum absolute atomic E-state index is 9.45. The van der Waals surface area contributed by atoms with Gasteiger partial charge in [-0.05, 0) is 48.1 Å². The largest absolute Gasteiger partial charge is 0.508 e. The zero-order valence-electron chi connectivity index (χ0n) is 11.0. The van der Waals surface area contributed by atoms with Crippen LogP contribution in [-0.4, -0.2) is 11.1 Å². The summed E-state index contributed by atoms with van der Waals surface area (Å²) in [4.78, 5) is 0. The summed E-state index contributed by atoms with van der Waals surface area (Å²) in [6.07, 6.45) is 3.46. The summed E-state index contributed by atoms with van der Waals surface area (Å²) in [7, 11) is 0. The molecule has 2 heteroatoms. The molecule has 98 valence electrons. The number of aromatic hydroxyl groups is 1. The van der Waals surface area contributed by atoms with E-state index < -0.39 is 0 Å². The molecule has 0 bridgehead atoms. The highest BCUT2D eigenvalue weighted by Crippen LogP contribution is 2.21. The second kappa shape index (κ2) is 5.45. The fraction of sp³-hybridized carbons (Fsp3) is 0.294. The Hall–Kier alpha value is -1.80. The quantitative estimate of drug-likeness (QED) is 0.881. The van der Waals surface area contributed by atoms with Crippen LogP contribution in [0.25, 0.3) is 0 Å². The minimum Gasteiger partial charge on any atom is -0.508 e. The molecule has 0 fully saturated rings. The number of phenols is 1. The third-order valence-corrected chi connectivity index (χ3v) is 3.85. The predicted octanol–water partition coefficient (Wildman–Crippen LogP) is 3.04. The SMILES string of the molecule is Oc1cccc(CNC2CCc3ccccc3C2)c1. The maximum Gasteiger partial charge on any atom is 0.115 e. The average molecular weight is 253 g/mol. The van der Waals surface area contributed by atoms with Crippen LogP contribution in [0.3, 0.4) is 0 Å². The van der Waals surface area contributed by atoms with E-state index in [1.807, 2.05) is 18.2 Å². The molecule has 2 aromatic carbocycles. The molecule has 1 atom stereocenters. The van der Waals surface area contributed by atoms with Gasteiger partial charge in [0, 0.05) is 12.6 Å². The van der Waals surface area contributed by atoms with Crippen molar-refractivity contribution in [1.29, 1.82) is 0 Å². The Morgan fingerprint density at radius 1 is 1.05 bits per heavy atom. The van der Waals surface area contributed by atoms with Crippen LogP contribution < -0.4 is 5.32 Å². The zero-order valence-corrected chi connectivity index (χ0v) is 11.0. The van der Waals surface area contributed by atoms with Crippen LogP contribution in [0.4, 0.5) is 0 Å². The van der Waals surface area contributed by atoms with Crippen molar-refractivity contribution in [1.82, 2.24) is 5.32 Å². The highest BCUT2D eigenvalue weighted by molar-refractivity contribution is 5.31. The van der Waals surface area contributed by atoms with Gasteiger partial charge < -0.3 is 10.4 Å². The molecular formula is C17H19NO. The topological polar surface area (TPSA) is 32.3 Å². The van der Waals surface area contributed by atoms with Crippen LogP contribution in [0.5, 0.6) is 5.75 Å². The summed E-state index contributed by atoms with van der Waals surface area (Å²) in [5.74, 6) is 0.341. The van der Waals surface area contributed by atoms with Crippen molar-refractivity contribution in [2.45, 2.75) is 31.8 Å². The molecule has 0 aromatic heterocycles. The number of benzene rings is 2. The van der Waals surface area contributed by atoms with Gasteiger partial charge in [0.05, 0.1) is 0 Å². The van der Waals surface area contributed by atoms with Gasteiger partial charge in [0.1, 0.15) is 5.75 Å². The molecule has 0 spiro atoms. The van der Waals surface area contributed by atoms with Gasteiger partial charge in [0.25, 0.3) is 0 Å². The number of fused-ring (bicyclic) bond motifs is 1. The molecule has 1 unspecified atom stereocenters. The third-order valence-electron chi connectivity index (χ3n) is 3.85. The highest BCUT2D eigenvalue weighted by Gasteiger charge is 2.17. The lowest BCUT2D eigenvalue weighted by atomic mass is 9.88. The van der Waals surface area contributed by atoms with Crippen molar-refractivity contribution in [2.75, 3.05) is 0 Å². The normalized spacial score (nSPS) is 18.0. The smallest absolute Gasteiger partial charge is 0.115 e. The lowest BCUT2D eigenvalue weighted by Crippen LogP contribution is -2.34. The summed E-state index contributed by atoms with van der Waals surface area (Å²) in [5.41, 5.74) is 4.11. The van der Waals surface area contributed by atoms with E-state index in [1.54, 1.807) is 6.07 Å². The van der Waals surface area contributed by atoms with E-state index >= 15 is 0 Å². The van der Waals surface area contributed by atoms with E-state index in [0.29, 0.717) is 11.8 Å². The number of hydrogen-bond acceptors (Lipinski definition) is 2. The van der Waals surface area contributed by atoms with Gasteiger partial charge in [0.15, 0.2) is 0 Å². The van der Waals surface area contributed by atoms with E-state index in [0.717, 1.165) is 24.9 Å². The number of hydrogen-bond donors (Lipinski definition) is 2. The van der Waals surface area contributed by atoms with Crippen LogP contribution in [0.1, 0.15) is 23.1 Å². The van der Waals surface area contributed by atoms with Gasteiger partial charge >= 0.3 is 0 Å². The second-order valence-corrected chi connectivity index (χ2v) is 5.26. The molecule has 19 heavy (non-hydrogen) atoms. The Kier molecular flexibility index (Phi) is 3.51.